The zero-order valence-electron chi connectivity index (χ0n) is 17.2. The zero-order chi connectivity index (χ0) is 22.1. The Bertz CT molecular complexity index is 969. The summed E-state index contributed by atoms with van der Waals surface area (Å²) >= 11 is 0. The van der Waals surface area contributed by atoms with Crippen molar-refractivity contribution in [1.82, 2.24) is 5.32 Å². The fourth-order valence-electron chi connectivity index (χ4n) is 3.31. The van der Waals surface area contributed by atoms with E-state index in [1.165, 1.54) is 6.07 Å². The maximum Gasteiger partial charge on any atom is 0.348 e. The Morgan fingerprint density at radius 1 is 0.871 bits per heavy atom. The van der Waals surface area contributed by atoms with Crippen LogP contribution in [0.2, 0.25) is 0 Å². The van der Waals surface area contributed by atoms with Crippen LogP contribution in [0.15, 0.2) is 84.9 Å². The molecule has 3 rings (SSSR count). The van der Waals surface area contributed by atoms with Crippen molar-refractivity contribution < 1.29 is 23.5 Å². The minimum absolute atomic E-state index is 0.00295. The number of ether oxygens (including phenoxy) is 2. The number of carbonyl (C=O) groups excluding carboxylic acids is 2. The minimum Gasteiger partial charge on any atom is -0.453 e. The van der Waals surface area contributed by atoms with E-state index in [0.29, 0.717) is 16.7 Å². The first-order valence-electron chi connectivity index (χ1n) is 10.00. The molecule has 0 unspecified atom stereocenters. The van der Waals surface area contributed by atoms with Gasteiger partial charge in [0.05, 0.1) is 0 Å². The van der Waals surface area contributed by atoms with Gasteiger partial charge in [-0.15, -0.1) is 0 Å². The highest BCUT2D eigenvalue weighted by Crippen LogP contribution is 2.35. The van der Waals surface area contributed by atoms with Gasteiger partial charge in [-0.3, -0.25) is 4.79 Å². The van der Waals surface area contributed by atoms with Crippen molar-refractivity contribution in [3.63, 3.8) is 0 Å². The number of benzene rings is 3. The first-order valence-corrected chi connectivity index (χ1v) is 10.00. The molecule has 0 fully saturated rings. The molecular weight excluding hydrogens is 397 g/mol. The normalized spacial score (nSPS) is 11.0. The first-order chi connectivity index (χ1) is 15.1. The molecule has 0 aromatic heterocycles. The third-order valence-corrected chi connectivity index (χ3v) is 4.78. The lowest BCUT2D eigenvalue weighted by atomic mass is 9.86. The van der Waals surface area contributed by atoms with E-state index in [0.717, 1.165) is 0 Å². The average Bonchev–Trinajstić information content (AvgIpc) is 2.81. The summed E-state index contributed by atoms with van der Waals surface area (Å²) in [5, 5.41) is 2.56. The molecule has 5 nitrogen and oxygen atoms in total. The maximum absolute atomic E-state index is 13.7. The van der Waals surface area contributed by atoms with Crippen LogP contribution in [-0.2, 0) is 31.2 Å². The lowest BCUT2D eigenvalue weighted by molar-refractivity contribution is -0.170. The molecule has 0 saturated heterocycles. The molecule has 0 atom stereocenters. The van der Waals surface area contributed by atoms with E-state index in [4.69, 9.17) is 9.47 Å². The summed E-state index contributed by atoms with van der Waals surface area (Å²) < 4.78 is 25.1. The van der Waals surface area contributed by atoms with Crippen molar-refractivity contribution in [3.05, 3.63) is 107 Å². The summed E-state index contributed by atoms with van der Waals surface area (Å²) in [5.74, 6) is -1.65. The molecule has 0 aliphatic heterocycles. The van der Waals surface area contributed by atoms with Crippen LogP contribution in [-0.4, -0.2) is 25.1 Å². The highest BCUT2D eigenvalue weighted by atomic mass is 19.1. The predicted molar refractivity (Wildman–Crippen MR) is 114 cm³/mol. The maximum atomic E-state index is 13.7. The van der Waals surface area contributed by atoms with Gasteiger partial charge in [-0.1, -0.05) is 78.9 Å². The van der Waals surface area contributed by atoms with Crippen molar-refractivity contribution >= 4 is 11.9 Å². The summed E-state index contributed by atoms with van der Waals surface area (Å²) in [6, 6.07) is 24.2. The molecule has 3 aromatic carbocycles. The van der Waals surface area contributed by atoms with Gasteiger partial charge >= 0.3 is 5.97 Å². The van der Waals surface area contributed by atoms with E-state index in [1.807, 2.05) is 12.1 Å². The molecule has 0 saturated carbocycles. The molecule has 1 amide bonds. The largest absolute Gasteiger partial charge is 0.453 e. The second-order valence-corrected chi connectivity index (χ2v) is 6.79. The Morgan fingerprint density at radius 3 is 1.97 bits per heavy atom. The second-order valence-electron chi connectivity index (χ2n) is 6.79. The quantitative estimate of drug-likeness (QED) is 0.531. The van der Waals surface area contributed by atoms with Gasteiger partial charge < -0.3 is 14.8 Å². The van der Waals surface area contributed by atoms with E-state index >= 15 is 0 Å². The van der Waals surface area contributed by atoms with Crippen LogP contribution in [0.1, 0.15) is 23.6 Å². The van der Waals surface area contributed by atoms with Crippen LogP contribution < -0.4 is 5.32 Å². The monoisotopic (exact) mass is 421 g/mol. The van der Waals surface area contributed by atoms with Gasteiger partial charge in [-0.25, -0.2) is 9.18 Å². The van der Waals surface area contributed by atoms with Crippen LogP contribution in [0, 0.1) is 5.82 Å². The van der Waals surface area contributed by atoms with Crippen LogP contribution >= 0.6 is 0 Å². The Kier molecular flexibility index (Phi) is 7.51. The standard InChI is InChI=1S/C25H24FNO4/c1-2-31-25(20-12-5-3-6-13-20,21-14-7-4-8-15-21)24(29)30-18-23(28)27-17-19-11-9-10-16-22(19)26/h3-16H,2,17-18H2,1H3,(H,27,28). The van der Waals surface area contributed by atoms with Gasteiger partial charge in [0.1, 0.15) is 5.82 Å². The summed E-state index contributed by atoms with van der Waals surface area (Å²) in [4.78, 5) is 25.5. The number of esters is 1. The smallest absolute Gasteiger partial charge is 0.348 e. The van der Waals surface area contributed by atoms with Gasteiger partial charge in [0.2, 0.25) is 5.60 Å². The lowest BCUT2D eigenvalue weighted by Gasteiger charge is -2.32. The fourth-order valence-corrected chi connectivity index (χ4v) is 3.31. The van der Waals surface area contributed by atoms with E-state index in [1.54, 1.807) is 73.7 Å². The van der Waals surface area contributed by atoms with Crippen LogP contribution in [0.4, 0.5) is 4.39 Å². The van der Waals surface area contributed by atoms with Crippen molar-refractivity contribution in [2.45, 2.75) is 19.1 Å². The fraction of sp³-hybridized carbons (Fsp3) is 0.200. The molecule has 0 bridgehead atoms. The molecule has 31 heavy (non-hydrogen) atoms. The summed E-state index contributed by atoms with van der Waals surface area (Å²) in [5.41, 5.74) is 0.0300. The predicted octanol–water partition coefficient (Wildman–Crippen LogP) is 3.97. The van der Waals surface area contributed by atoms with E-state index in [-0.39, 0.29) is 13.2 Å². The minimum atomic E-state index is -1.51. The van der Waals surface area contributed by atoms with E-state index in [2.05, 4.69) is 5.32 Å². The Hall–Kier alpha value is -3.51. The van der Waals surface area contributed by atoms with Crippen molar-refractivity contribution in [2.75, 3.05) is 13.2 Å². The number of halogens is 1. The molecule has 3 aromatic rings. The van der Waals surface area contributed by atoms with E-state index < -0.39 is 29.9 Å². The van der Waals surface area contributed by atoms with Gasteiger partial charge in [-0.05, 0) is 24.1 Å². The summed E-state index contributed by atoms with van der Waals surface area (Å²) in [6.07, 6.45) is 0. The number of hydrogen-bond donors (Lipinski definition) is 1. The number of amides is 1. The molecule has 160 valence electrons. The summed E-state index contributed by atoms with van der Waals surface area (Å²) in [6.45, 7) is 1.52. The highest BCUT2D eigenvalue weighted by molar-refractivity contribution is 5.88. The average molecular weight is 421 g/mol. The third kappa shape index (κ3) is 5.16. The molecule has 0 aliphatic rings. The second kappa shape index (κ2) is 10.5. The van der Waals surface area contributed by atoms with Crippen LogP contribution in [0.5, 0.6) is 0 Å². The van der Waals surface area contributed by atoms with Gasteiger partial charge in [0.15, 0.2) is 6.61 Å². The van der Waals surface area contributed by atoms with Crippen molar-refractivity contribution in [3.8, 4) is 0 Å². The van der Waals surface area contributed by atoms with Gasteiger partial charge in [0.25, 0.3) is 5.91 Å². The van der Waals surface area contributed by atoms with Crippen LogP contribution in [0.3, 0.4) is 0 Å². The van der Waals surface area contributed by atoms with Crippen molar-refractivity contribution in [1.29, 1.82) is 0 Å². The Labute approximate surface area is 180 Å². The van der Waals surface area contributed by atoms with Crippen LogP contribution in [0.25, 0.3) is 0 Å². The van der Waals surface area contributed by atoms with E-state index in [9.17, 15) is 14.0 Å². The van der Waals surface area contributed by atoms with Gasteiger partial charge in [-0.2, -0.15) is 0 Å². The number of rotatable bonds is 9. The number of nitrogens with one attached hydrogen (secondary N) is 1. The Balaban J connectivity index is 1.77. The topological polar surface area (TPSA) is 64.6 Å². The molecule has 6 heteroatoms. The molecule has 0 spiro atoms. The first kappa shape index (κ1) is 22.2. The molecule has 0 aliphatic carbocycles. The third-order valence-electron chi connectivity index (χ3n) is 4.78. The number of carbonyl (C=O) groups is 2. The lowest BCUT2D eigenvalue weighted by Crippen LogP contribution is -2.43. The molecular formula is C25H24FNO4. The number of hydrogen-bond acceptors (Lipinski definition) is 4. The zero-order valence-corrected chi connectivity index (χ0v) is 17.2. The molecule has 0 radical (unpaired) electrons. The van der Waals surface area contributed by atoms with Crippen molar-refractivity contribution in [2.24, 2.45) is 0 Å². The molecule has 0 heterocycles. The van der Waals surface area contributed by atoms with Gasteiger partial charge in [0, 0.05) is 18.7 Å². The SMILES string of the molecule is CCOC(C(=O)OCC(=O)NCc1ccccc1F)(c1ccccc1)c1ccccc1. The Morgan fingerprint density at radius 2 is 1.42 bits per heavy atom. The molecule has 1 N–H and O–H groups in total. The highest BCUT2D eigenvalue weighted by Gasteiger charge is 2.45. The summed E-state index contributed by atoms with van der Waals surface area (Å²) in [7, 11) is 0.